The maximum absolute atomic E-state index is 14.8. The first kappa shape index (κ1) is 17.4. The summed E-state index contributed by atoms with van der Waals surface area (Å²) in [5, 5.41) is 10.3. The van der Waals surface area contributed by atoms with E-state index in [4.69, 9.17) is 0 Å². The van der Waals surface area contributed by atoms with Crippen LogP contribution in [0.5, 0.6) is 0 Å². The summed E-state index contributed by atoms with van der Waals surface area (Å²) < 4.78 is 16.4. The van der Waals surface area contributed by atoms with E-state index in [0.717, 1.165) is 5.56 Å². The molecule has 0 saturated carbocycles. The molecule has 0 unspecified atom stereocenters. The summed E-state index contributed by atoms with van der Waals surface area (Å²) in [6, 6.07) is 10.3. The summed E-state index contributed by atoms with van der Waals surface area (Å²) >= 11 is 0. The Labute approximate surface area is 155 Å². The predicted octanol–water partition coefficient (Wildman–Crippen LogP) is 2.45. The van der Waals surface area contributed by atoms with Crippen molar-refractivity contribution in [2.24, 2.45) is 0 Å². The fraction of sp³-hybridized carbons (Fsp3) is 0.250. The van der Waals surface area contributed by atoms with Crippen LogP contribution in [0, 0.1) is 5.82 Å². The lowest BCUT2D eigenvalue weighted by atomic mass is 9.99. The Morgan fingerprint density at radius 3 is 2.93 bits per heavy atom. The quantitative estimate of drug-likeness (QED) is 0.747. The van der Waals surface area contributed by atoms with E-state index >= 15 is 0 Å². The van der Waals surface area contributed by atoms with E-state index in [9.17, 15) is 14.0 Å². The van der Waals surface area contributed by atoms with Gasteiger partial charge in [0, 0.05) is 18.5 Å². The highest BCUT2D eigenvalue weighted by Crippen LogP contribution is 2.24. The van der Waals surface area contributed by atoms with Crippen molar-refractivity contribution >= 4 is 22.5 Å². The Balaban J connectivity index is 1.74. The Hall–Kier alpha value is -3.06. The molecular weight excluding hydrogens is 347 g/mol. The fourth-order valence-electron chi connectivity index (χ4n) is 3.44. The van der Waals surface area contributed by atoms with Crippen molar-refractivity contribution < 1.29 is 9.18 Å². The van der Waals surface area contributed by atoms with Gasteiger partial charge in [0.2, 0.25) is 5.43 Å². The van der Waals surface area contributed by atoms with E-state index in [1.807, 2.05) is 13.0 Å². The van der Waals surface area contributed by atoms with Crippen molar-refractivity contribution in [3.8, 4) is 0 Å². The highest BCUT2D eigenvalue weighted by atomic mass is 19.1. The van der Waals surface area contributed by atoms with Gasteiger partial charge in [0.25, 0.3) is 5.91 Å². The van der Waals surface area contributed by atoms with Gasteiger partial charge in [-0.05, 0) is 49.2 Å². The minimum atomic E-state index is -0.708. The standard InChI is InChI=1S/C20H19FN4O2/c1-2-25-16-6-4-3-5-14(16)19(26)18(24-25)20(27)23-15-8-7-12-11-22-10-9-13(12)17(15)21/h3-8,22H,2,9-11H2,1H3,(H,23,27). The van der Waals surface area contributed by atoms with E-state index in [0.29, 0.717) is 42.5 Å². The Morgan fingerprint density at radius 2 is 2.11 bits per heavy atom. The summed E-state index contributed by atoms with van der Waals surface area (Å²) in [5.74, 6) is -1.15. The molecule has 0 atom stereocenters. The summed E-state index contributed by atoms with van der Waals surface area (Å²) in [4.78, 5) is 25.4. The van der Waals surface area contributed by atoms with E-state index in [2.05, 4.69) is 15.7 Å². The number of hydrogen-bond acceptors (Lipinski definition) is 4. The molecule has 1 aromatic heterocycles. The summed E-state index contributed by atoms with van der Waals surface area (Å²) in [6.45, 7) is 3.67. The molecule has 0 fully saturated rings. The number of nitrogens with one attached hydrogen (secondary N) is 2. The number of aromatic nitrogens is 2. The monoisotopic (exact) mass is 366 g/mol. The molecule has 2 aromatic carbocycles. The van der Waals surface area contributed by atoms with Gasteiger partial charge in [-0.3, -0.25) is 14.3 Å². The third kappa shape index (κ3) is 3.00. The van der Waals surface area contributed by atoms with Gasteiger partial charge >= 0.3 is 0 Å². The largest absolute Gasteiger partial charge is 0.318 e. The highest BCUT2D eigenvalue weighted by molar-refractivity contribution is 6.04. The van der Waals surface area contributed by atoms with Crippen molar-refractivity contribution in [2.75, 3.05) is 11.9 Å². The third-order valence-corrected chi connectivity index (χ3v) is 4.83. The van der Waals surface area contributed by atoms with E-state index in [-0.39, 0.29) is 11.4 Å². The van der Waals surface area contributed by atoms with E-state index in [1.165, 1.54) is 6.07 Å². The molecule has 4 rings (SSSR count). The number of carbonyl (C=O) groups is 1. The van der Waals surface area contributed by atoms with Crippen molar-refractivity contribution in [3.63, 3.8) is 0 Å². The number of hydrogen-bond donors (Lipinski definition) is 2. The van der Waals surface area contributed by atoms with Gasteiger partial charge in [-0.1, -0.05) is 18.2 Å². The zero-order valence-electron chi connectivity index (χ0n) is 14.9. The maximum atomic E-state index is 14.8. The van der Waals surface area contributed by atoms with Crippen LogP contribution in [-0.2, 0) is 19.5 Å². The fourth-order valence-corrected chi connectivity index (χ4v) is 3.44. The first-order chi connectivity index (χ1) is 13.1. The number of amides is 1. The second-order valence-electron chi connectivity index (χ2n) is 6.46. The van der Waals surface area contributed by atoms with Crippen molar-refractivity contribution in [3.05, 3.63) is 69.3 Å². The molecule has 3 aromatic rings. The van der Waals surface area contributed by atoms with Crippen LogP contribution in [0.1, 0.15) is 28.5 Å². The lowest BCUT2D eigenvalue weighted by Gasteiger charge is -2.19. The molecule has 1 amide bonds. The SMILES string of the molecule is CCn1nc(C(=O)Nc2ccc3c(c2F)CCNC3)c(=O)c2ccccc21. The minimum Gasteiger partial charge on any atom is -0.318 e. The molecule has 0 saturated heterocycles. The lowest BCUT2D eigenvalue weighted by molar-refractivity contribution is 0.101. The van der Waals surface area contributed by atoms with Crippen molar-refractivity contribution in [1.82, 2.24) is 15.1 Å². The number of fused-ring (bicyclic) bond motifs is 2. The highest BCUT2D eigenvalue weighted by Gasteiger charge is 2.21. The molecule has 27 heavy (non-hydrogen) atoms. The number of halogens is 1. The van der Waals surface area contributed by atoms with Crippen LogP contribution in [0.3, 0.4) is 0 Å². The molecule has 2 heterocycles. The zero-order valence-corrected chi connectivity index (χ0v) is 14.9. The predicted molar refractivity (Wildman–Crippen MR) is 101 cm³/mol. The number of rotatable bonds is 3. The second-order valence-corrected chi connectivity index (χ2v) is 6.46. The van der Waals surface area contributed by atoms with Crippen LogP contribution >= 0.6 is 0 Å². The molecule has 0 bridgehead atoms. The summed E-state index contributed by atoms with van der Waals surface area (Å²) in [5.41, 5.74) is 1.51. The first-order valence-corrected chi connectivity index (χ1v) is 8.92. The minimum absolute atomic E-state index is 0.0676. The average Bonchev–Trinajstić information content (AvgIpc) is 2.71. The van der Waals surface area contributed by atoms with Gasteiger partial charge in [0.15, 0.2) is 5.69 Å². The zero-order chi connectivity index (χ0) is 19.0. The normalized spacial score (nSPS) is 13.4. The van der Waals surface area contributed by atoms with Gasteiger partial charge < -0.3 is 10.6 Å². The van der Waals surface area contributed by atoms with Crippen LogP contribution in [-0.4, -0.2) is 22.2 Å². The topological polar surface area (TPSA) is 76.0 Å². The van der Waals surface area contributed by atoms with Gasteiger partial charge in [0.1, 0.15) is 5.82 Å². The second kappa shape index (κ2) is 6.92. The Bertz CT molecular complexity index is 1110. The van der Waals surface area contributed by atoms with Crippen molar-refractivity contribution in [1.29, 1.82) is 0 Å². The van der Waals surface area contributed by atoms with Gasteiger partial charge in [-0.2, -0.15) is 5.10 Å². The summed E-state index contributed by atoms with van der Waals surface area (Å²) in [6.07, 6.45) is 0.557. The smallest absolute Gasteiger partial charge is 0.280 e. The van der Waals surface area contributed by atoms with E-state index < -0.39 is 17.2 Å². The van der Waals surface area contributed by atoms with E-state index in [1.54, 1.807) is 28.9 Å². The lowest BCUT2D eigenvalue weighted by Crippen LogP contribution is -2.28. The number of carbonyl (C=O) groups excluding carboxylic acids is 1. The maximum Gasteiger partial charge on any atom is 0.280 e. The molecule has 0 radical (unpaired) electrons. The van der Waals surface area contributed by atoms with Crippen LogP contribution in [0.2, 0.25) is 0 Å². The van der Waals surface area contributed by atoms with Crippen LogP contribution < -0.4 is 16.1 Å². The molecule has 0 spiro atoms. The third-order valence-electron chi connectivity index (χ3n) is 4.83. The molecule has 1 aliphatic rings. The van der Waals surface area contributed by atoms with Crippen LogP contribution in [0.15, 0.2) is 41.2 Å². The van der Waals surface area contributed by atoms with Gasteiger partial charge in [-0.15, -0.1) is 0 Å². The molecule has 0 aliphatic carbocycles. The number of aryl methyl sites for hydroxylation is 1. The van der Waals surface area contributed by atoms with Crippen molar-refractivity contribution in [2.45, 2.75) is 26.4 Å². The average molecular weight is 366 g/mol. The first-order valence-electron chi connectivity index (χ1n) is 8.92. The molecular formula is C20H19FN4O2. The van der Waals surface area contributed by atoms with Gasteiger partial charge in [-0.25, -0.2) is 4.39 Å². The molecule has 7 heteroatoms. The van der Waals surface area contributed by atoms with Crippen LogP contribution in [0.4, 0.5) is 10.1 Å². The molecule has 6 nitrogen and oxygen atoms in total. The number of benzene rings is 2. The number of anilines is 1. The Kier molecular flexibility index (Phi) is 4.45. The molecule has 138 valence electrons. The molecule has 2 N–H and O–H groups in total. The number of nitrogens with zero attached hydrogens (tertiary/aromatic N) is 2. The summed E-state index contributed by atoms with van der Waals surface area (Å²) in [7, 11) is 0. The number of para-hydroxylation sites is 1. The van der Waals surface area contributed by atoms with Crippen LogP contribution in [0.25, 0.3) is 10.9 Å². The van der Waals surface area contributed by atoms with Gasteiger partial charge in [0.05, 0.1) is 11.2 Å². The Morgan fingerprint density at radius 1 is 1.30 bits per heavy atom. The molecule has 1 aliphatic heterocycles.